The number of hydrogen-bond donors (Lipinski definition) is 1. The summed E-state index contributed by atoms with van der Waals surface area (Å²) in [5.74, 6) is 1.59. The van der Waals surface area contributed by atoms with Crippen LogP contribution in [0.4, 0.5) is 5.82 Å². The largest absolute Gasteiger partial charge is 0.352 e. The third kappa shape index (κ3) is 4.10. The quantitative estimate of drug-likeness (QED) is 0.882. The van der Waals surface area contributed by atoms with Crippen molar-refractivity contribution in [1.82, 2.24) is 20.3 Å². The van der Waals surface area contributed by atoms with Gasteiger partial charge in [-0.25, -0.2) is 9.97 Å². The number of aryl methyl sites for hydroxylation is 1. The van der Waals surface area contributed by atoms with Crippen molar-refractivity contribution in [2.45, 2.75) is 57.4 Å². The van der Waals surface area contributed by atoms with Gasteiger partial charge in [0, 0.05) is 30.5 Å². The molecule has 27 heavy (non-hydrogen) atoms. The lowest BCUT2D eigenvalue weighted by molar-refractivity contribution is -0.120. The third-order valence-electron chi connectivity index (χ3n) is 5.52. The van der Waals surface area contributed by atoms with Gasteiger partial charge in [-0.1, -0.05) is 25.3 Å². The Morgan fingerprint density at radius 3 is 2.78 bits per heavy atom. The molecule has 2 heterocycles. The maximum Gasteiger partial charge on any atom is 0.239 e. The Bertz CT molecular complexity index is 802. The highest BCUT2D eigenvalue weighted by Crippen LogP contribution is 2.30. The van der Waals surface area contributed by atoms with Gasteiger partial charge < -0.3 is 10.2 Å². The van der Waals surface area contributed by atoms with Crippen molar-refractivity contribution in [2.24, 2.45) is 0 Å². The molecule has 1 saturated carbocycles. The first-order valence-electron chi connectivity index (χ1n) is 10.0. The number of fused-ring (bicyclic) bond motifs is 1. The molecule has 142 valence electrons. The maximum absolute atomic E-state index is 12.5. The summed E-state index contributed by atoms with van der Waals surface area (Å²) in [6.45, 7) is 0.321. The highest BCUT2D eigenvalue weighted by molar-refractivity contribution is 5.81. The molecule has 1 fully saturated rings. The van der Waals surface area contributed by atoms with Crippen LogP contribution in [0.2, 0.25) is 0 Å². The number of aromatic nitrogens is 3. The third-order valence-corrected chi connectivity index (χ3v) is 5.52. The zero-order valence-electron chi connectivity index (χ0n) is 15.9. The van der Waals surface area contributed by atoms with Crippen LogP contribution in [0.3, 0.4) is 0 Å². The molecule has 0 aromatic carbocycles. The molecule has 0 saturated heterocycles. The van der Waals surface area contributed by atoms with E-state index in [1.807, 2.05) is 30.1 Å². The van der Waals surface area contributed by atoms with Crippen molar-refractivity contribution >= 4 is 11.7 Å². The summed E-state index contributed by atoms with van der Waals surface area (Å²) >= 11 is 0. The normalized spacial score (nSPS) is 16.8. The predicted octanol–water partition coefficient (Wildman–Crippen LogP) is 2.91. The molecule has 2 aliphatic rings. The Hall–Kier alpha value is -2.50. The van der Waals surface area contributed by atoms with Crippen LogP contribution in [0.5, 0.6) is 0 Å². The van der Waals surface area contributed by atoms with Crippen LogP contribution in [0.1, 0.15) is 49.8 Å². The summed E-state index contributed by atoms with van der Waals surface area (Å²) < 4.78 is 0. The number of carbonyl (C=O) groups excluding carboxylic acids is 1. The molecule has 2 aromatic heterocycles. The van der Waals surface area contributed by atoms with Crippen LogP contribution < -0.4 is 10.2 Å². The van der Waals surface area contributed by atoms with Crippen molar-refractivity contribution in [3.05, 3.63) is 35.7 Å². The van der Waals surface area contributed by atoms with Gasteiger partial charge in [-0.15, -0.1) is 0 Å². The molecule has 0 radical (unpaired) electrons. The number of likely N-dealkylation sites (N-methyl/N-ethyl adjacent to an activating group) is 1. The van der Waals surface area contributed by atoms with Crippen LogP contribution >= 0.6 is 0 Å². The van der Waals surface area contributed by atoms with E-state index < -0.39 is 0 Å². The van der Waals surface area contributed by atoms with Gasteiger partial charge in [-0.05, 0) is 44.2 Å². The smallest absolute Gasteiger partial charge is 0.239 e. The summed E-state index contributed by atoms with van der Waals surface area (Å²) in [6, 6.07) is 6.09. The number of amides is 1. The van der Waals surface area contributed by atoms with E-state index in [-0.39, 0.29) is 5.91 Å². The van der Waals surface area contributed by atoms with E-state index in [0.29, 0.717) is 18.4 Å². The first-order valence-corrected chi connectivity index (χ1v) is 10.0. The molecule has 1 N–H and O–H groups in total. The first kappa shape index (κ1) is 17.9. The monoisotopic (exact) mass is 365 g/mol. The van der Waals surface area contributed by atoms with Crippen molar-refractivity contribution in [2.75, 3.05) is 18.5 Å². The second-order valence-electron chi connectivity index (χ2n) is 7.62. The molecule has 6 heteroatoms. The summed E-state index contributed by atoms with van der Waals surface area (Å²) in [5, 5.41) is 3.20. The molecule has 1 amide bonds. The van der Waals surface area contributed by atoms with E-state index in [0.717, 1.165) is 49.3 Å². The Morgan fingerprint density at radius 2 is 2.00 bits per heavy atom. The number of rotatable bonds is 5. The summed E-state index contributed by atoms with van der Waals surface area (Å²) in [7, 11) is 1.95. The maximum atomic E-state index is 12.5. The number of carbonyl (C=O) groups is 1. The number of pyridine rings is 1. The predicted molar refractivity (Wildman–Crippen MR) is 106 cm³/mol. The topological polar surface area (TPSA) is 71.0 Å². The van der Waals surface area contributed by atoms with Crippen LogP contribution in [0.15, 0.2) is 24.4 Å². The number of nitrogens with zero attached hydrogens (tertiary/aromatic N) is 4. The molecule has 0 bridgehead atoms. The van der Waals surface area contributed by atoms with Gasteiger partial charge in [0.15, 0.2) is 5.82 Å². The second kappa shape index (κ2) is 8.03. The van der Waals surface area contributed by atoms with Gasteiger partial charge in [-0.3, -0.25) is 9.78 Å². The fourth-order valence-electron chi connectivity index (χ4n) is 4.15. The highest BCUT2D eigenvalue weighted by Gasteiger charge is 2.24. The zero-order valence-corrected chi connectivity index (χ0v) is 15.9. The lowest BCUT2D eigenvalue weighted by Crippen LogP contribution is -2.42. The molecule has 2 aliphatic carbocycles. The molecular weight excluding hydrogens is 338 g/mol. The molecule has 2 aromatic rings. The van der Waals surface area contributed by atoms with Crippen molar-refractivity contribution in [3.8, 4) is 11.5 Å². The average Bonchev–Trinajstić information content (AvgIpc) is 3.17. The number of hydrogen-bond acceptors (Lipinski definition) is 5. The zero-order chi connectivity index (χ0) is 18.6. The van der Waals surface area contributed by atoms with Crippen LogP contribution in [0, 0.1) is 0 Å². The van der Waals surface area contributed by atoms with E-state index >= 15 is 0 Å². The van der Waals surface area contributed by atoms with E-state index in [1.54, 1.807) is 6.20 Å². The standard InChI is InChI=1S/C21H27N5O/c1-26(14-19(27)23-15-8-3-2-4-9-15)21-16-10-7-12-17(16)24-20(25-21)18-11-5-6-13-22-18/h5-6,11,13,15H,2-4,7-10,12,14H2,1H3,(H,23,27). The summed E-state index contributed by atoms with van der Waals surface area (Å²) in [6.07, 6.45) is 10.7. The van der Waals surface area contributed by atoms with Crippen LogP contribution in [-0.4, -0.2) is 40.5 Å². The van der Waals surface area contributed by atoms with Crippen LogP contribution in [0.25, 0.3) is 11.5 Å². The SMILES string of the molecule is CN(CC(=O)NC1CCCCC1)c1nc(-c2ccccn2)nc2c1CCC2. The second-order valence-corrected chi connectivity index (χ2v) is 7.62. The lowest BCUT2D eigenvalue weighted by atomic mass is 9.95. The molecule has 0 atom stereocenters. The summed E-state index contributed by atoms with van der Waals surface area (Å²) in [5.41, 5.74) is 3.05. The average molecular weight is 365 g/mol. The first-order chi connectivity index (χ1) is 13.2. The van der Waals surface area contributed by atoms with Gasteiger partial charge in [-0.2, -0.15) is 0 Å². The lowest BCUT2D eigenvalue weighted by Gasteiger charge is -2.25. The van der Waals surface area contributed by atoms with Crippen molar-refractivity contribution in [1.29, 1.82) is 0 Å². The fraction of sp³-hybridized carbons (Fsp3) is 0.524. The van der Waals surface area contributed by atoms with E-state index in [1.165, 1.54) is 24.8 Å². The van der Waals surface area contributed by atoms with Crippen LogP contribution in [-0.2, 0) is 17.6 Å². The van der Waals surface area contributed by atoms with Gasteiger partial charge in [0.25, 0.3) is 0 Å². The van der Waals surface area contributed by atoms with E-state index in [4.69, 9.17) is 9.97 Å². The molecule has 0 unspecified atom stereocenters. The Labute approximate surface area is 160 Å². The van der Waals surface area contributed by atoms with E-state index in [2.05, 4.69) is 10.3 Å². The van der Waals surface area contributed by atoms with Crippen molar-refractivity contribution < 1.29 is 4.79 Å². The molecule has 0 spiro atoms. The molecule has 0 aliphatic heterocycles. The minimum atomic E-state index is 0.0779. The van der Waals surface area contributed by atoms with Gasteiger partial charge in [0.1, 0.15) is 11.5 Å². The Kier molecular flexibility index (Phi) is 5.32. The highest BCUT2D eigenvalue weighted by atomic mass is 16.2. The minimum Gasteiger partial charge on any atom is -0.352 e. The van der Waals surface area contributed by atoms with Gasteiger partial charge in [0.2, 0.25) is 5.91 Å². The molecular formula is C21H27N5O. The Morgan fingerprint density at radius 1 is 1.15 bits per heavy atom. The molecule has 6 nitrogen and oxygen atoms in total. The van der Waals surface area contributed by atoms with Gasteiger partial charge >= 0.3 is 0 Å². The van der Waals surface area contributed by atoms with Crippen molar-refractivity contribution in [3.63, 3.8) is 0 Å². The summed E-state index contributed by atoms with van der Waals surface area (Å²) in [4.78, 5) is 28.4. The van der Waals surface area contributed by atoms with Gasteiger partial charge in [0.05, 0.1) is 6.54 Å². The number of nitrogens with one attached hydrogen (secondary N) is 1. The minimum absolute atomic E-state index is 0.0779. The number of anilines is 1. The van der Waals surface area contributed by atoms with E-state index in [9.17, 15) is 4.79 Å². The Balaban J connectivity index is 1.53. The fourth-order valence-corrected chi connectivity index (χ4v) is 4.15. The molecule has 4 rings (SSSR count).